The molecule has 3 nitrogen and oxygen atoms in total. The molecule has 4 heteroatoms. The van der Waals surface area contributed by atoms with E-state index in [1.807, 2.05) is 0 Å². The second-order valence-corrected chi connectivity index (χ2v) is 0.848. The standard InChI is InChI=1S/5CH4.H3O3P/c;;;;;1-4(2)3/h5*1H4;4H,(H2,1,2,3). The van der Waals surface area contributed by atoms with Gasteiger partial charge >= 0.3 is 8.25 Å². The van der Waals surface area contributed by atoms with E-state index in [4.69, 9.17) is 14.4 Å². The predicted octanol–water partition coefficient (Wildman–Crippen LogP) is 2.54. The summed E-state index contributed by atoms with van der Waals surface area (Å²) < 4.78 is 8.74. The molecule has 0 atom stereocenters. The molecule has 0 aliphatic heterocycles. The van der Waals surface area contributed by atoms with Gasteiger partial charge in [0.2, 0.25) is 0 Å². The quantitative estimate of drug-likeness (QED) is 0.538. The van der Waals surface area contributed by atoms with Crippen LogP contribution < -0.4 is 0 Å². The molecular formula is C5H23O3P. The summed E-state index contributed by atoms with van der Waals surface area (Å²) in [5.41, 5.74) is 0. The molecule has 0 amide bonds. The molecule has 0 saturated carbocycles. The Morgan fingerprint density at radius 1 is 0.778 bits per heavy atom. The normalized spacial score (nSPS) is 3.89. The second-order valence-electron chi connectivity index (χ2n) is 0.283. The third-order valence-electron chi connectivity index (χ3n) is 0. The summed E-state index contributed by atoms with van der Waals surface area (Å²) in [7, 11) is -3.13. The summed E-state index contributed by atoms with van der Waals surface area (Å²) in [6.07, 6.45) is 0. The molecular weight excluding hydrogens is 139 g/mol. The lowest BCUT2D eigenvalue weighted by Gasteiger charge is -1.61. The average Bonchev–Trinajstić information content (AvgIpc) is 0.811. The van der Waals surface area contributed by atoms with E-state index in [9.17, 15) is 0 Å². The van der Waals surface area contributed by atoms with Crippen molar-refractivity contribution in [1.29, 1.82) is 0 Å². The topological polar surface area (TPSA) is 57.5 Å². The molecule has 0 saturated heterocycles. The zero-order valence-electron chi connectivity index (χ0n) is 1.80. The summed E-state index contributed by atoms with van der Waals surface area (Å²) in [4.78, 5) is 14.3. The van der Waals surface area contributed by atoms with E-state index in [2.05, 4.69) is 0 Å². The Morgan fingerprint density at radius 3 is 0.778 bits per heavy atom. The maximum absolute atomic E-state index is 8.74. The lowest BCUT2D eigenvalue weighted by atomic mass is 12.0. The Hall–Kier alpha value is 0.150. The van der Waals surface area contributed by atoms with E-state index in [1.54, 1.807) is 0 Å². The third kappa shape index (κ3) is 13700. The zero-order chi connectivity index (χ0) is 3.58. The van der Waals surface area contributed by atoms with Gasteiger partial charge in [-0.2, -0.15) is 0 Å². The summed E-state index contributed by atoms with van der Waals surface area (Å²) in [5.74, 6) is 0. The van der Waals surface area contributed by atoms with Crippen molar-refractivity contribution in [3.05, 3.63) is 0 Å². The van der Waals surface area contributed by atoms with E-state index in [0.29, 0.717) is 0 Å². The summed E-state index contributed by atoms with van der Waals surface area (Å²) >= 11 is 0. The van der Waals surface area contributed by atoms with Gasteiger partial charge in [0.05, 0.1) is 0 Å². The minimum Gasteiger partial charge on any atom is -0.326 e. The molecule has 66 valence electrons. The Kier molecular flexibility index (Phi) is 286. The van der Waals surface area contributed by atoms with Crippen molar-refractivity contribution in [2.24, 2.45) is 0 Å². The Bertz CT molecular complexity index is 35.2. The van der Waals surface area contributed by atoms with Crippen molar-refractivity contribution in [2.75, 3.05) is 0 Å². The van der Waals surface area contributed by atoms with Gasteiger partial charge in [0, 0.05) is 0 Å². The minimum atomic E-state index is -3.13. The molecule has 2 N–H and O–H groups in total. The molecule has 0 rings (SSSR count). The molecule has 0 bridgehead atoms. The summed E-state index contributed by atoms with van der Waals surface area (Å²) in [5, 5.41) is 0. The van der Waals surface area contributed by atoms with E-state index >= 15 is 0 Å². The summed E-state index contributed by atoms with van der Waals surface area (Å²) in [6, 6.07) is 0. The van der Waals surface area contributed by atoms with E-state index in [0.717, 1.165) is 0 Å². The lowest BCUT2D eigenvalue weighted by molar-refractivity contribution is 0.405. The predicted molar refractivity (Wildman–Crippen MR) is 47.1 cm³/mol. The fraction of sp³-hybridized carbons (Fsp3) is 1.00. The van der Waals surface area contributed by atoms with Gasteiger partial charge in [-0.25, -0.2) is 0 Å². The first-order valence-electron chi connectivity index (χ1n) is 0.651. The van der Waals surface area contributed by atoms with Gasteiger partial charge in [0.25, 0.3) is 0 Å². The first-order valence-corrected chi connectivity index (χ1v) is 1.95. The Labute approximate surface area is 60.7 Å². The molecule has 9 heavy (non-hydrogen) atoms. The highest BCUT2D eigenvalue weighted by atomic mass is 31.1. The highest BCUT2D eigenvalue weighted by Crippen LogP contribution is 1.98. The molecule has 0 fully saturated rings. The molecule has 0 aromatic carbocycles. The molecule has 0 radical (unpaired) electrons. The van der Waals surface area contributed by atoms with Gasteiger partial charge in [-0.05, 0) is 0 Å². The van der Waals surface area contributed by atoms with Crippen LogP contribution in [0.3, 0.4) is 0 Å². The fourth-order valence-corrected chi connectivity index (χ4v) is 0. The molecule has 0 aromatic heterocycles. The van der Waals surface area contributed by atoms with Crippen LogP contribution in [0.5, 0.6) is 0 Å². The maximum Gasteiger partial charge on any atom is 0.314 e. The number of hydrogen-bond donors (Lipinski definition) is 2. The van der Waals surface area contributed by atoms with Crippen LogP contribution in [0, 0.1) is 0 Å². The Balaban J connectivity index is -0.00000000450. The monoisotopic (exact) mass is 162 g/mol. The van der Waals surface area contributed by atoms with Crippen LogP contribution in [0.4, 0.5) is 0 Å². The average molecular weight is 162 g/mol. The lowest BCUT2D eigenvalue weighted by Crippen LogP contribution is -1.38. The molecule has 0 unspecified atom stereocenters. The highest BCUT2D eigenvalue weighted by Gasteiger charge is 1.61. The van der Waals surface area contributed by atoms with Crippen LogP contribution in [0.25, 0.3) is 0 Å². The van der Waals surface area contributed by atoms with Crippen molar-refractivity contribution in [2.45, 2.75) is 37.1 Å². The molecule has 0 spiro atoms. The van der Waals surface area contributed by atoms with Gasteiger partial charge in [0.15, 0.2) is 0 Å². The first kappa shape index (κ1) is 61.3. The minimum absolute atomic E-state index is 0. The molecule has 0 aromatic rings. The Morgan fingerprint density at radius 2 is 0.778 bits per heavy atom. The van der Waals surface area contributed by atoms with E-state index in [-0.39, 0.29) is 37.1 Å². The molecule has 0 heterocycles. The van der Waals surface area contributed by atoms with Gasteiger partial charge in [0.1, 0.15) is 0 Å². The third-order valence-corrected chi connectivity index (χ3v) is 0. The van der Waals surface area contributed by atoms with Crippen LogP contribution in [0.1, 0.15) is 37.1 Å². The van der Waals surface area contributed by atoms with Crippen LogP contribution in [0.2, 0.25) is 0 Å². The SMILES string of the molecule is C.C.C.C.C.O=[PH](O)O. The first-order chi connectivity index (χ1) is 1.73. The van der Waals surface area contributed by atoms with Gasteiger partial charge in [-0.1, -0.05) is 37.1 Å². The van der Waals surface area contributed by atoms with E-state index in [1.165, 1.54) is 0 Å². The van der Waals surface area contributed by atoms with Gasteiger partial charge < -0.3 is 9.79 Å². The number of rotatable bonds is 0. The smallest absolute Gasteiger partial charge is 0.314 e. The largest absolute Gasteiger partial charge is 0.326 e. The van der Waals surface area contributed by atoms with Crippen molar-refractivity contribution >= 4 is 8.25 Å². The fourth-order valence-electron chi connectivity index (χ4n) is 0. The van der Waals surface area contributed by atoms with Crippen LogP contribution >= 0.6 is 8.25 Å². The van der Waals surface area contributed by atoms with Crippen LogP contribution in [-0.4, -0.2) is 9.79 Å². The summed E-state index contributed by atoms with van der Waals surface area (Å²) in [6.45, 7) is 0. The second kappa shape index (κ2) is 42.0. The van der Waals surface area contributed by atoms with Crippen molar-refractivity contribution in [3.63, 3.8) is 0 Å². The van der Waals surface area contributed by atoms with Crippen molar-refractivity contribution in [1.82, 2.24) is 0 Å². The van der Waals surface area contributed by atoms with Crippen LogP contribution in [-0.2, 0) is 4.57 Å². The van der Waals surface area contributed by atoms with Crippen molar-refractivity contribution in [3.8, 4) is 0 Å². The molecule has 0 aliphatic carbocycles. The number of hydrogen-bond acceptors (Lipinski definition) is 1. The van der Waals surface area contributed by atoms with Crippen molar-refractivity contribution < 1.29 is 14.4 Å². The van der Waals surface area contributed by atoms with E-state index < -0.39 is 8.25 Å². The maximum atomic E-state index is 8.74. The zero-order valence-corrected chi connectivity index (χ0v) is 2.80. The molecule has 0 aliphatic rings. The highest BCUT2D eigenvalue weighted by molar-refractivity contribution is 7.30. The van der Waals surface area contributed by atoms with Gasteiger partial charge in [-0.15, -0.1) is 0 Å². The van der Waals surface area contributed by atoms with Gasteiger partial charge in [-0.3, -0.25) is 4.57 Å². The van der Waals surface area contributed by atoms with Crippen LogP contribution in [0.15, 0.2) is 0 Å².